The van der Waals surface area contributed by atoms with Crippen LogP contribution in [-0.4, -0.2) is 69.9 Å². The number of nitrogens with zero attached hydrogens (tertiary/aromatic N) is 4. The van der Waals surface area contributed by atoms with Crippen LogP contribution in [0, 0.1) is 12.7 Å². The Hall–Kier alpha value is -2.98. The lowest BCUT2D eigenvalue weighted by molar-refractivity contribution is 0.0942. The maximum absolute atomic E-state index is 13.4. The second kappa shape index (κ2) is 9.23. The molecule has 1 aromatic carbocycles. The van der Waals surface area contributed by atoms with Crippen LogP contribution in [0.5, 0.6) is 5.75 Å². The maximum Gasteiger partial charge on any atom is 0.297 e. The Morgan fingerprint density at radius 3 is 2.60 bits per heavy atom. The number of β-amino-alcohol motifs (C(OH)–C–C–N with tert-alkyl or cyclic N) is 1. The summed E-state index contributed by atoms with van der Waals surface area (Å²) in [7, 11) is 1.49. The molecule has 30 heavy (non-hydrogen) atoms. The van der Waals surface area contributed by atoms with Crippen LogP contribution >= 0.6 is 0 Å². The molecule has 0 spiro atoms. The third-order valence-electron chi connectivity index (χ3n) is 5.21. The number of piperazine rings is 1. The van der Waals surface area contributed by atoms with Gasteiger partial charge in [-0.25, -0.2) is 9.37 Å². The fourth-order valence-corrected chi connectivity index (χ4v) is 3.42. The van der Waals surface area contributed by atoms with E-state index in [0.717, 1.165) is 0 Å². The Morgan fingerprint density at radius 1 is 1.27 bits per heavy atom. The highest BCUT2D eigenvalue weighted by atomic mass is 19.1. The average molecular weight is 419 g/mol. The molecule has 0 radical (unpaired) electrons. The summed E-state index contributed by atoms with van der Waals surface area (Å²) in [6.45, 7) is 4.89. The van der Waals surface area contributed by atoms with E-state index in [9.17, 15) is 19.1 Å². The molecular weight excluding hydrogens is 393 g/mol. The Bertz CT molecular complexity index is 986. The zero-order chi connectivity index (χ0) is 21.8. The van der Waals surface area contributed by atoms with Crippen molar-refractivity contribution >= 4 is 11.9 Å². The molecule has 1 aliphatic heterocycles. The van der Waals surface area contributed by atoms with Gasteiger partial charge in [-0.1, -0.05) is 12.1 Å². The molecule has 162 valence electrons. The van der Waals surface area contributed by atoms with Crippen molar-refractivity contribution in [1.29, 1.82) is 0 Å². The van der Waals surface area contributed by atoms with Gasteiger partial charge >= 0.3 is 0 Å². The second-order valence-electron chi connectivity index (χ2n) is 7.29. The number of carbonyl (C=O) groups is 1. The summed E-state index contributed by atoms with van der Waals surface area (Å²) in [5, 5.41) is 21.9. The highest BCUT2D eigenvalue weighted by Gasteiger charge is 2.25. The number of rotatable bonds is 6. The average Bonchev–Trinajstić information content (AvgIpc) is 2.74. The summed E-state index contributed by atoms with van der Waals surface area (Å²) >= 11 is 0. The number of benzene rings is 1. The quantitative estimate of drug-likeness (QED) is 0.603. The molecule has 1 fully saturated rings. The van der Waals surface area contributed by atoms with Gasteiger partial charge in [0, 0.05) is 46.3 Å². The molecule has 1 aromatic heterocycles. The molecule has 0 atom stereocenters. The van der Waals surface area contributed by atoms with Crippen molar-refractivity contribution in [3.05, 3.63) is 51.2 Å². The zero-order valence-electron chi connectivity index (χ0n) is 17.1. The van der Waals surface area contributed by atoms with Crippen LogP contribution in [0.3, 0.4) is 0 Å². The number of carbonyl (C=O) groups excluding carboxylic acids is 1. The van der Waals surface area contributed by atoms with E-state index in [1.807, 2.05) is 4.90 Å². The zero-order valence-corrected chi connectivity index (χ0v) is 17.1. The molecular formula is C20H26FN5O4. The molecule has 0 unspecified atom stereocenters. The van der Waals surface area contributed by atoms with Gasteiger partial charge in [-0.2, -0.15) is 0 Å². The normalized spacial score (nSPS) is 14.7. The molecule has 0 aliphatic carbocycles. The molecule has 10 heteroatoms. The summed E-state index contributed by atoms with van der Waals surface area (Å²) in [5.41, 5.74) is 0.0926. The van der Waals surface area contributed by atoms with E-state index in [0.29, 0.717) is 49.8 Å². The van der Waals surface area contributed by atoms with Gasteiger partial charge < -0.3 is 20.4 Å². The predicted octanol–water partition coefficient (Wildman–Crippen LogP) is -0.0223. The number of aromatic nitrogens is 2. The van der Waals surface area contributed by atoms with E-state index < -0.39 is 17.2 Å². The Morgan fingerprint density at radius 2 is 1.97 bits per heavy atom. The van der Waals surface area contributed by atoms with Crippen molar-refractivity contribution in [3.8, 4) is 5.75 Å². The van der Waals surface area contributed by atoms with Crippen LogP contribution in [0.25, 0.3) is 0 Å². The van der Waals surface area contributed by atoms with Gasteiger partial charge in [0.2, 0.25) is 11.7 Å². The van der Waals surface area contributed by atoms with Crippen molar-refractivity contribution in [1.82, 2.24) is 19.8 Å². The minimum atomic E-state index is -0.715. The number of anilines is 1. The van der Waals surface area contributed by atoms with Gasteiger partial charge in [-0.15, -0.1) is 0 Å². The fourth-order valence-electron chi connectivity index (χ4n) is 3.42. The summed E-state index contributed by atoms with van der Waals surface area (Å²) in [4.78, 5) is 33.3. The fraction of sp³-hybridized carbons (Fsp3) is 0.450. The summed E-state index contributed by atoms with van der Waals surface area (Å²) < 4.78 is 14.6. The lowest BCUT2D eigenvalue weighted by Gasteiger charge is -2.35. The first-order valence-electron chi connectivity index (χ1n) is 9.73. The second-order valence-corrected chi connectivity index (χ2v) is 7.29. The first kappa shape index (κ1) is 21.7. The molecule has 1 amide bonds. The van der Waals surface area contributed by atoms with E-state index in [1.54, 1.807) is 19.1 Å². The molecule has 3 rings (SSSR count). The van der Waals surface area contributed by atoms with Crippen LogP contribution in [-0.2, 0) is 13.6 Å². The van der Waals surface area contributed by atoms with E-state index in [1.165, 1.54) is 17.7 Å². The maximum atomic E-state index is 13.4. The van der Waals surface area contributed by atoms with Crippen molar-refractivity contribution in [3.63, 3.8) is 0 Å². The van der Waals surface area contributed by atoms with Gasteiger partial charge in [-0.3, -0.25) is 19.1 Å². The van der Waals surface area contributed by atoms with E-state index >= 15 is 0 Å². The monoisotopic (exact) mass is 419 g/mol. The number of aliphatic hydroxyl groups is 1. The molecule has 9 nitrogen and oxygen atoms in total. The van der Waals surface area contributed by atoms with Crippen LogP contribution in [0.4, 0.5) is 10.3 Å². The third-order valence-corrected chi connectivity index (χ3v) is 5.21. The van der Waals surface area contributed by atoms with Crippen LogP contribution in [0.2, 0.25) is 0 Å². The minimum absolute atomic E-state index is 0.0772. The highest BCUT2D eigenvalue weighted by molar-refractivity contribution is 5.95. The van der Waals surface area contributed by atoms with Gasteiger partial charge in [0.05, 0.1) is 6.61 Å². The van der Waals surface area contributed by atoms with Gasteiger partial charge in [0.15, 0.2) is 5.69 Å². The highest BCUT2D eigenvalue weighted by Crippen LogP contribution is 2.17. The molecule has 0 bridgehead atoms. The predicted molar refractivity (Wildman–Crippen MR) is 109 cm³/mol. The Balaban J connectivity index is 1.78. The van der Waals surface area contributed by atoms with Crippen molar-refractivity contribution < 1.29 is 19.4 Å². The van der Waals surface area contributed by atoms with Crippen LogP contribution in [0.15, 0.2) is 23.0 Å². The van der Waals surface area contributed by atoms with Crippen molar-refractivity contribution in [2.24, 2.45) is 7.05 Å². The van der Waals surface area contributed by atoms with Crippen LogP contribution < -0.4 is 15.8 Å². The lowest BCUT2D eigenvalue weighted by atomic mass is 10.1. The molecule has 1 aliphatic rings. The van der Waals surface area contributed by atoms with Gasteiger partial charge in [-0.05, 0) is 24.1 Å². The SMILES string of the molecule is Cc1cc(CNC(=O)c2nc(N3CCN(CCO)CC3)n(C)c(=O)c2O)ccc1F. The Labute approximate surface area is 173 Å². The van der Waals surface area contributed by atoms with E-state index in [-0.39, 0.29) is 24.7 Å². The molecule has 3 N–H and O–H groups in total. The van der Waals surface area contributed by atoms with Crippen LogP contribution in [0.1, 0.15) is 21.6 Å². The standard InChI is InChI=1S/C20H26FN5O4/c1-13-11-14(3-4-15(13)21)12-22-18(29)16-17(28)19(30)24(2)20(23-16)26-7-5-25(6-8-26)9-10-27/h3-4,11,27-28H,5-10,12H2,1-2H3,(H,22,29). The minimum Gasteiger partial charge on any atom is -0.501 e. The lowest BCUT2D eigenvalue weighted by Crippen LogP contribution is -2.49. The van der Waals surface area contributed by atoms with Crippen molar-refractivity contribution in [2.75, 3.05) is 44.2 Å². The number of aromatic hydroxyl groups is 1. The number of hydrogen-bond donors (Lipinski definition) is 3. The number of amides is 1. The molecule has 2 heterocycles. The first-order valence-corrected chi connectivity index (χ1v) is 9.73. The first-order chi connectivity index (χ1) is 14.3. The molecule has 1 saturated heterocycles. The number of aryl methyl sites for hydroxylation is 1. The van der Waals surface area contributed by atoms with Gasteiger partial charge in [0.25, 0.3) is 11.5 Å². The summed E-state index contributed by atoms with van der Waals surface area (Å²) in [5.74, 6) is -1.44. The van der Waals surface area contributed by atoms with E-state index in [4.69, 9.17) is 5.11 Å². The van der Waals surface area contributed by atoms with Gasteiger partial charge in [0.1, 0.15) is 5.82 Å². The summed E-state index contributed by atoms with van der Waals surface area (Å²) in [6, 6.07) is 4.49. The smallest absolute Gasteiger partial charge is 0.297 e. The number of nitrogens with one attached hydrogen (secondary N) is 1. The summed E-state index contributed by atoms with van der Waals surface area (Å²) in [6.07, 6.45) is 0. The molecule has 0 saturated carbocycles. The topological polar surface area (TPSA) is 111 Å². The number of hydrogen-bond acceptors (Lipinski definition) is 7. The third kappa shape index (κ3) is 4.60. The van der Waals surface area contributed by atoms with E-state index in [2.05, 4.69) is 15.2 Å². The Kier molecular flexibility index (Phi) is 6.68. The largest absolute Gasteiger partial charge is 0.501 e. The van der Waals surface area contributed by atoms with Crippen molar-refractivity contribution in [2.45, 2.75) is 13.5 Å². The number of halogens is 1. The molecule has 2 aromatic rings. The number of aliphatic hydroxyl groups excluding tert-OH is 1.